The summed E-state index contributed by atoms with van der Waals surface area (Å²) in [7, 11) is 0. The standard InChI is InChI=1S/C22H17F2NO3S/c23-17-8-3-15(4-9-17)5-12-21(27)28-14-20(26)25-22(19-2-1-13-29-19)16-6-10-18(24)11-7-16/h1-13,22H,14H2,(H,25,26)/b12-5+/t22-/m0/s1. The van der Waals surface area contributed by atoms with Crippen molar-refractivity contribution in [1.82, 2.24) is 5.32 Å². The van der Waals surface area contributed by atoms with E-state index in [0.717, 1.165) is 11.0 Å². The Labute approximate surface area is 170 Å². The highest BCUT2D eigenvalue weighted by Crippen LogP contribution is 2.26. The Morgan fingerprint density at radius 2 is 1.66 bits per heavy atom. The Morgan fingerprint density at radius 1 is 1.00 bits per heavy atom. The lowest BCUT2D eigenvalue weighted by Crippen LogP contribution is -2.32. The van der Waals surface area contributed by atoms with E-state index >= 15 is 0 Å². The lowest BCUT2D eigenvalue weighted by atomic mass is 10.1. The van der Waals surface area contributed by atoms with Crippen LogP contribution >= 0.6 is 11.3 Å². The molecule has 0 saturated heterocycles. The SMILES string of the molecule is O=C(COC(=O)/C=C/c1ccc(F)cc1)N[C@@H](c1ccc(F)cc1)c1cccs1. The summed E-state index contributed by atoms with van der Waals surface area (Å²) in [5.41, 5.74) is 1.34. The maximum atomic E-state index is 13.2. The summed E-state index contributed by atoms with van der Waals surface area (Å²) in [6, 6.07) is 14.6. The van der Waals surface area contributed by atoms with Gasteiger partial charge in [0.1, 0.15) is 11.6 Å². The fourth-order valence-corrected chi connectivity index (χ4v) is 3.36. The van der Waals surface area contributed by atoms with Crippen molar-refractivity contribution in [3.63, 3.8) is 0 Å². The van der Waals surface area contributed by atoms with Crippen molar-refractivity contribution < 1.29 is 23.1 Å². The van der Waals surface area contributed by atoms with Crippen LogP contribution in [0.25, 0.3) is 6.08 Å². The third-order valence-electron chi connectivity index (χ3n) is 3.96. The third kappa shape index (κ3) is 6.08. The summed E-state index contributed by atoms with van der Waals surface area (Å²) in [5, 5.41) is 4.67. The van der Waals surface area contributed by atoms with E-state index in [0.29, 0.717) is 11.1 Å². The van der Waals surface area contributed by atoms with Crippen LogP contribution in [-0.2, 0) is 14.3 Å². The van der Waals surface area contributed by atoms with Crippen LogP contribution in [-0.4, -0.2) is 18.5 Å². The van der Waals surface area contributed by atoms with Crippen LogP contribution in [0.15, 0.2) is 72.1 Å². The van der Waals surface area contributed by atoms with E-state index in [4.69, 9.17) is 4.74 Å². The average molecular weight is 413 g/mol. The molecule has 1 heterocycles. The highest BCUT2D eigenvalue weighted by molar-refractivity contribution is 7.10. The molecule has 0 aliphatic carbocycles. The van der Waals surface area contributed by atoms with Crippen LogP contribution in [0.3, 0.4) is 0 Å². The van der Waals surface area contributed by atoms with Gasteiger partial charge in [0.05, 0.1) is 6.04 Å². The molecule has 0 unspecified atom stereocenters. The zero-order valence-corrected chi connectivity index (χ0v) is 16.0. The number of hydrogen-bond acceptors (Lipinski definition) is 4. The normalized spacial score (nSPS) is 11.9. The van der Waals surface area contributed by atoms with Gasteiger partial charge in [-0.15, -0.1) is 11.3 Å². The summed E-state index contributed by atoms with van der Waals surface area (Å²) in [6.07, 6.45) is 2.63. The van der Waals surface area contributed by atoms with Gasteiger partial charge >= 0.3 is 5.97 Å². The molecule has 1 atom stereocenters. The van der Waals surface area contributed by atoms with Gasteiger partial charge in [0, 0.05) is 11.0 Å². The van der Waals surface area contributed by atoms with Crippen LogP contribution in [0.2, 0.25) is 0 Å². The zero-order chi connectivity index (χ0) is 20.6. The van der Waals surface area contributed by atoms with Crippen molar-refractivity contribution in [3.8, 4) is 0 Å². The molecule has 3 aromatic rings. The Hall–Kier alpha value is -3.32. The van der Waals surface area contributed by atoms with Gasteiger partial charge in [0.15, 0.2) is 6.61 Å². The molecule has 1 amide bonds. The van der Waals surface area contributed by atoms with Crippen LogP contribution in [0.4, 0.5) is 8.78 Å². The van der Waals surface area contributed by atoms with Gasteiger partial charge < -0.3 is 10.1 Å². The smallest absolute Gasteiger partial charge is 0.331 e. The topological polar surface area (TPSA) is 55.4 Å². The Balaban J connectivity index is 1.58. The second-order valence-electron chi connectivity index (χ2n) is 6.06. The van der Waals surface area contributed by atoms with Crippen molar-refractivity contribution in [2.24, 2.45) is 0 Å². The number of carbonyl (C=O) groups excluding carboxylic acids is 2. The molecule has 0 aliphatic rings. The molecule has 1 N–H and O–H groups in total. The van der Waals surface area contributed by atoms with Gasteiger partial charge in [-0.25, -0.2) is 13.6 Å². The molecule has 4 nitrogen and oxygen atoms in total. The van der Waals surface area contributed by atoms with E-state index in [1.807, 2.05) is 17.5 Å². The number of esters is 1. The quantitative estimate of drug-likeness (QED) is 0.459. The number of benzene rings is 2. The first-order valence-corrected chi connectivity index (χ1v) is 9.58. The number of amides is 1. The number of nitrogens with one attached hydrogen (secondary N) is 1. The highest BCUT2D eigenvalue weighted by atomic mass is 32.1. The monoisotopic (exact) mass is 413 g/mol. The van der Waals surface area contributed by atoms with Gasteiger partial charge in [-0.1, -0.05) is 30.3 Å². The summed E-state index contributed by atoms with van der Waals surface area (Å²) in [5.74, 6) is -1.93. The molecule has 1 aromatic heterocycles. The number of rotatable bonds is 7. The molecule has 0 fully saturated rings. The van der Waals surface area contributed by atoms with Crippen LogP contribution in [0.5, 0.6) is 0 Å². The second kappa shape index (κ2) is 9.75. The number of ether oxygens (including phenoxy) is 1. The van der Waals surface area contributed by atoms with Gasteiger partial charge in [-0.05, 0) is 52.9 Å². The van der Waals surface area contributed by atoms with Crippen molar-refractivity contribution in [2.75, 3.05) is 6.61 Å². The van der Waals surface area contributed by atoms with E-state index in [1.54, 1.807) is 12.1 Å². The molecular formula is C22H17F2NO3S. The second-order valence-corrected chi connectivity index (χ2v) is 7.04. The molecule has 0 radical (unpaired) electrons. The lowest BCUT2D eigenvalue weighted by molar-refractivity contribution is -0.143. The van der Waals surface area contributed by atoms with E-state index in [2.05, 4.69) is 5.32 Å². The molecule has 0 bridgehead atoms. The first-order valence-electron chi connectivity index (χ1n) is 8.70. The minimum absolute atomic E-state index is 0.369. The maximum Gasteiger partial charge on any atom is 0.331 e. The number of carbonyl (C=O) groups is 2. The number of halogens is 2. The minimum Gasteiger partial charge on any atom is -0.452 e. The van der Waals surface area contributed by atoms with E-state index in [-0.39, 0.29) is 11.6 Å². The molecule has 0 spiro atoms. The molecule has 148 valence electrons. The molecule has 29 heavy (non-hydrogen) atoms. The van der Waals surface area contributed by atoms with Gasteiger partial charge in [0.2, 0.25) is 0 Å². The number of thiophene rings is 1. The molecular weight excluding hydrogens is 396 g/mol. The zero-order valence-electron chi connectivity index (χ0n) is 15.2. The first-order chi connectivity index (χ1) is 14.0. The molecule has 7 heteroatoms. The van der Waals surface area contributed by atoms with Crippen molar-refractivity contribution in [3.05, 3.63) is 99.8 Å². The van der Waals surface area contributed by atoms with Crippen molar-refractivity contribution >= 4 is 29.3 Å². The Morgan fingerprint density at radius 3 is 2.28 bits per heavy atom. The molecule has 3 rings (SSSR count). The predicted octanol–water partition coefficient (Wildman–Crippen LogP) is 4.49. The fraction of sp³-hybridized carbons (Fsp3) is 0.0909. The van der Waals surface area contributed by atoms with Gasteiger partial charge in [0.25, 0.3) is 5.91 Å². The summed E-state index contributed by atoms with van der Waals surface area (Å²) in [6.45, 7) is -0.463. The maximum absolute atomic E-state index is 13.2. The summed E-state index contributed by atoms with van der Waals surface area (Å²) < 4.78 is 31.0. The van der Waals surface area contributed by atoms with E-state index in [1.165, 1.54) is 53.8 Å². The number of hydrogen-bond donors (Lipinski definition) is 1. The van der Waals surface area contributed by atoms with E-state index < -0.39 is 24.5 Å². The predicted molar refractivity (Wildman–Crippen MR) is 107 cm³/mol. The van der Waals surface area contributed by atoms with Gasteiger partial charge in [-0.2, -0.15) is 0 Å². The lowest BCUT2D eigenvalue weighted by Gasteiger charge is -2.18. The third-order valence-corrected chi connectivity index (χ3v) is 4.90. The van der Waals surface area contributed by atoms with Crippen LogP contribution in [0.1, 0.15) is 22.0 Å². The molecule has 0 saturated carbocycles. The largest absolute Gasteiger partial charge is 0.452 e. The fourth-order valence-electron chi connectivity index (χ4n) is 2.56. The summed E-state index contributed by atoms with van der Waals surface area (Å²) in [4.78, 5) is 25.0. The highest BCUT2D eigenvalue weighted by Gasteiger charge is 2.18. The summed E-state index contributed by atoms with van der Waals surface area (Å²) >= 11 is 1.45. The molecule has 0 aliphatic heterocycles. The minimum atomic E-state index is -0.695. The van der Waals surface area contributed by atoms with E-state index in [9.17, 15) is 18.4 Å². The Kier molecular flexibility index (Phi) is 6.86. The van der Waals surface area contributed by atoms with Gasteiger partial charge in [-0.3, -0.25) is 4.79 Å². The average Bonchev–Trinajstić information content (AvgIpc) is 3.25. The van der Waals surface area contributed by atoms with Crippen molar-refractivity contribution in [1.29, 1.82) is 0 Å². The first kappa shape index (κ1) is 20.4. The van der Waals surface area contributed by atoms with Crippen molar-refractivity contribution in [2.45, 2.75) is 6.04 Å². The Bertz CT molecular complexity index is 984. The van der Waals surface area contributed by atoms with Crippen LogP contribution in [0, 0.1) is 11.6 Å². The van der Waals surface area contributed by atoms with Crippen LogP contribution < -0.4 is 5.32 Å². The molecule has 2 aromatic carbocycles.